The van der Waals surface area contributed by atoms with Crippen LogP contribution in [0.1, 0.15) is 15.4 Å². The molecule has 5 nitrogen and oxygen atoms in total. The fourth-order valence-corrected chi connectivity index (χ4v) is 2.77. The third-order valence-corrected chi connectivity index (χ3v) is 3.91. The molecule has 2 aromatic heterocycles. The van der Waals surface area contributed by atoms with Crippen molar-refractivity contribution in [2.45, 2.75) is 6.61 Å². The van der Waals surface area contributed by atoms with Gasteiger partial charge >= 0.3 is 5.97 Å². The molecular weight excluding hydrogens is 298 g/mol. The second-order valence-electron chi connectivity index (χ2n) is 4.20. The SMILES string of the molecule is Cn1cc(C(=O)OCc2nc3cc(Cl)ccc3s2)cn1. The van der Waals surface area contributed by atoms with Gasteiger partial charge in [0.25, 0.3) is 0 Å². The molecule has 0 saturated heterocycles. The molecule has 7 heteroatoms. The van der Waals surface area contributed by atoms with E-state index >= 15 is 0 Å². The number of nitrogens with zero attached hydrogens (tertiary/aromatic N) is 3. The Morgan fingerprint density at radius 3 is 3.10 bits per heavy atom. The summed E-state index contributed by atoms with van der Waals surface area (Å²) in [4.78, 5) is 16.2. The van der Waals surface area contributed by atoms with E-state index in [0.29, 0.717) is 10.6 Å². The van der Waals surface area contributed by atoms with Gasteiger partial charge in [0.15, 0.2) is 0 Å². The van der Waals surface area contributed by atoms with Gasteiger partial charge in [0, 0.05) is 18.3 Å². The topological polar surface area (TPSA) is 57.0 Å². The van der Waals surface area contributed by atoms with Gasteiger partial charge in [-0.2, -0.15) is 5.10 Å². The fraction of sp³-hybridized carbons (Fsp3) is 0.154. The second-order valence-corrected chi connectivity index (χ2v) is 5.75. The van der Waals surface area contributed by atoms with Crippen molar-refractivity contribution >= 4 is 39.1 Å². The Hall–Kier alpha value is -1.92. The summed E-state index contributed by atoms with van der Waals surface area (Å²) in [7, 11) is 1.74. The molecule has 0 fully saturated rings. The van der Waals surface area contributed by atoms with E-state index in [0.717, 1.165) is 15.2 Å². The van der Waals surface area contributed by atoms with Crippen molar-refractivity contribution in [1.82, 2.24) is 14.8 Å². The summed E-state index contributed by atoms with van der Waals surface area (Å²) in [6, 6.07) is 5.51. The third kappa shape index (κ3) is 2.66. The molecule has 0 N–H and O–H groups in total. The number of carbonyl (C=O) groups excluding carboxylic acids is 1. The number of benzene rings is 1. The van der Waals surface area contributed by atoms with Crippen LogP contribution in [0.5, 0.6) is 0 Å². The van der Waals surface area contributed by atoms with Gasteiger partial charge in [0.1, 0.15) is 11.6 Å². The molecule has 2 heterocycles. The quantitative estimate of drug-likeness (QED) is 0.698. The van der Waals surface area contributed by atoms with Gasteiger partial charge in [0.05, 0.1) is 22.0 Å². The van der Waals surface area contributed by atoms with E-state index in [9.17, 15) is 4.79 Å². The maximum atomic E-state index is 11.8. The second kappa shape index (κ2) is 5.22. The first-order chi connectivity index (χ1) is 9.61. The molecule has 20 heavy (non-hydrogen) atoms. The Morgan fingerprint density at radius 1 is 1.50 bits per heavy atom. The van der Waals surface area contributed by atoms with E-state index in [2.05, 4.69) is 10.1 Å². The number of aromatic nitrogens is 3. The molecule has 0 atom stereocenters. The highest BCUT2D eigenvalue weighted by atomic mass is 35.5. The maximum absolute atomic E-state index is 11.8. The van der Waals surface area contributed by atoms with E-state index in [4.69, 9.17) is 16.3 Å². The Morgan fingerprint density at radius 2 is 2.35 bits per heavy atom. The van der Waals surface area contributed by atoms with Crippen LogP contribution in [0.25, 0.3) is 10.2 Å². The monoisotopic (exact) mass is 307 g/mol. The van der Waals surface area contributed by atoms with Crippen LogP contribution < -0.4 is 0 Å². The molecule has 1 aromatic carbocycles. The molecule has 0 spiro atoms. The van der Waals surface area contributed by atoms with E-state index in [1.165, 1.54) is 17.5 Å². The number of halogens is 1. The molecule has 0 aliphatic heterocycles. The molecule has 0 unspecified atom stereocenters. The lowest BCUT2D eigenvalue weighted by molar-refractivity contribution is 0.0472. The molecule has 0 aliphatic carbocycles. The summed E-state index contributed by atoms with van der Waals surface area (Å²) in [5.41, 5.74) is 1.24. The first-order valence-electron chi connectivity index (χ1n) is 5.82. The van der Waals surface area contributed by atoms with Crippen LogP contribution in [0.3, 0.4) is 0 Å². The standard InChI is InChI=1S/C13H10ClN3O2S/c1-17-6-8(5-15-17)13(18)19-7-12-16-10-4-9(14)2-3-11(10)20-12/h2-6H,7H2,1H3. The molecule has 3 rings (SSSR count). The minimum absolute atomic E-state index is 0.144. The lowest BCUT2D eigenvalue weighted by atomic mass is 10.3. The maximum Gasteiger partial charge on any atom is 0.341 e. The van der Waals surface area contributed by atoms with Crippen LogP contribution in [0.15, 0.2) is 30.6 Å². The van der Waals surface area contributed by atoms with Crippen molar-refractivity contribution in [3.63, 3.8) is 0 Å². The van der Waals surface area contributed by atoms with Crippen LogP contribution >= 0.6 is 22.9 Å². The van der Waals surface area contributed by atoms with Crippen LogP contribution in [0, 0.1) is 0 Å². The minimum Gasteiger partial charge on any atom is -0.455 e. The number of rotatable bonds is 3. The van der Waals surface area contributed by atoms with Crippen molar-refractivity contribution in [3.05, 3.63) is 46.2 Å². The predicted molar refractivity (Wildman–Crippen MR) is 77.0 cm³/mol. The first kappa shape index (κ1) is 13.1. The lowest BCUT2D eigenvalue weighted by Gasteiger charge is -1.99. The van der Waals surface area contributed by atoms with Gasteiger partial charge in [-0.25, -0.2) is 9.78 Å². The summed E-state index contributed by atoms with van der Waals surface area (Å²) >= 11 is 7.39. The smallest absolute Gasteiger partial charge is 0.341 e. The minimum atomic E-state index is -0.407. The average molecular weight is 308 g/mol. The predicted octanol–water partition coefficient (Wildman–Crippen LogP) is 3.04. The van der Waals surface area contributed by atoms with Crippen LogP contribution in [0.4, 0.5) is 0 Å². The van der Waals surface area contributed by atoms with Crippen LogP contribution in [0.2, 0.25) is 5.02 Å². The number of esters is 1. The van der Waals surface area contributed by atoms with Gasteiger partial charge in [-0.05, 0) is 18.2 Å². The highest BCUT2D eigenvalue weighted by molar-refractivity contribution is 7.18. The fourth-order valence-electron chi connectivity index (χ4n) is 1.75. The van der Waals surface area contributed by atoms with E-state index in [1.807, 2.05) is 12.1 Å². The Balaban J connectivity index is 1.72. The van der Waals surface area contributed by atoms with Crippen molar-refractivity contribution in [2.24, 2.45) is 7.05 Å². The molecular formula is C13H10ClN3O2S. The molecule has 3 aromatic rings. The summed E-state index contributed by atoms with van der Waals surface area (Å²) in [5, 5.41) is 5.30. The zero-order valence-electron chi connectivity index (χ0n) is 10.5. The normalized spacial score (nSPS) is 10.9. The molecule has 0 bridgehead atoms. The molecule has 102 valence electrons. The van der Waals surface area contributed by atoms with E-state index < -0.39 is 5.97 Å². The summed E-state index contributed by atoms with van der Waals surface area (Å²) in [6.07, 6.45) is 3.08. The van der Waals surface area contributed by atoms with E-state index in [1.54, 1.807) is 24.0 Å². The highest BCUT2D eigenvalue weighted by Gasteiger charge is 2.11. The van der Waals surface area contributed by atoms with Crippen molar-refractivity contribution in [3.8, 4) is 0 Å². The molecule has 0 radical (unpaired) electrons. The summed E-state index contributed by atoms with van der Waals surface area (Å²) in [6.45, 7) is 0.144. The van der Waals surface area contributed by atoms with Gasteiger partial charge < -0.3 is 4.74 Å². The van der Waals surface area contributed by atoms with Crippen molar-refractivity contribution < 1.29 is 9.53 Å². The van der Waals surface area contributed by atoms with Gasteiger partial charge in [-0.1, -0.05) is 11.6 Å². The number of ether oxygens (including phenoxy) is 1. The number of hydrogen-bond donors (Lipinski definition) is 0. The van der Waals surface area contributed by atoms with Crippen LogP contribution in [-0.4, -0.2) is 20.7 Å². The third-order valence-electron chi connectivity index (χ3n) is 2.66. The largest absolute Gasteiger partial charge is 0.455 e. The number of hydrogen-bond acceptors (Lipinski definition) is 5. The number of aryl methyl sites for hydroxylation is 1. The number of carbonyl (C=O) groups is 1. The molecule has 0 amide bonds. The Kier molecular flexibility index (Phi) is 3.42. The van der Waals surface area contributed by atoms with Crippen LogP contribution in [-0.2, 0) is 18.4 Å². The highest BCUT2D eigenvalue weighted by Crippen LogP contribution is 2.25. The number of thiazole rings is 1. The number of fused-ring (bicyclic) bond motifs is 1. The zero-order valence-corrected chi connectivity index (χ0v) is 12.1. The van der Waals surface area contributed by atoms with Gasteiger partial charge in [-0.3, -0.25) is 4.68 Å². The lowest BCUT2D eigenvalue weighted by Crippen LogP contribution is -2.04. The summed E-state index contributed by atoms with van der Waals surface area (Å²) < 4.78 is 7.78. The average Bonchev–Trinajstić information content (AvgIpc) is 3.01. The zero-order chi connectivity index (χ0) is 14.1. The van der Waals surface area contributed by atoms with Crippen molar-refractivity contribution in [1.29, 1.82) is 0 Å². The first-order valence-corrected chi connectivity index (χ1v) is 7.02. The Labute approximate surface area is 123 Å². The molecule has 0 saturated carbocycles. The van der Waals surface area contributed by atoms with Gasteiger partial charge in [0.2, 0.25) is 0 Å². The van der Waals surface area contributed by atoms with Crippen molar-refractivity contribution in [2.75, 3.05) is 0 Å². The molecule has 0 aliphatic rings. The van der Waals surface area contributed by atoms with Gasteiger partial charge in [-0.15, -0.1) is 11.3 Å². The Bertz CT molecular complexity index is 781. The summed E-state index contributed by atoms with van der Waals surface area (Å²) in [5.74, 6) is -0.407. The van der Waals surface area contributed by atoms with E-state index in [-0.39, 0.29) is 6.61 Å².